The first kappa shape index (κ1) is 17.1. The number of fused-ring (bicyclic) bond motifs is 1. The van der Waals surface area contributed by atoms with Gasteiger partial charge < -0.3 is 15.0 Å². The van der Waals surface area contributed by atoms with Crippen LogP contribution >= 0.6 is 11.8 Å². The first-order chi connectivity index (χ1) is 11.8. The van der Waals surface area contributed by atoms with Crippen LogP contribution in [0.4, 0.5) is 0 Å². The van der Waals surface area contributed by atoms with Crippen LogP contribution in [-0.4, -0.2) is 46.0 Å². The SMILES string of the molecule is CCNC(=NCC1CCCS1)NCCc1cn2cccc(C)c2n1. The van der Waals surface area contributed by atoms with Gasteiger partial charge in [0, 0.05) is 37.2 Å². The zero-order valence-electron chi connectivity index (χ0n) is 14.6. The summed E-state index contributed by atoms with van der Waals surface area (Å²) in [6, 6.07) is 4.16. The van der Waals surface area contributed by atoms with Crippen LogP contribution in [0.3, 0.4) is 0 Å². The quantitative estimate of drug-likeness (QED) is 0.624. The average molecular weight is 346 g/mol. The highest BCUT2D eigenvalue weighted by Crippen LogP contribution is 2.25. The number of nitrogens with one attached hydrogen (secondary N) is 2. The molecule has 6 heteroatoms. The van der Waals surface area contributed by atoms with E-state index in [-0.39, 0.29) is 0 Å². The van der Waals surface area contributed by atoms with Crippen molar-refractivity contribution < 1.29 is 0 Å². The van der Waals surface area contributed by atoms with Crippen LogP contribution in [-0.2, 0) is 6.42 Å². The molecule has 0 amide bonds. The molecule has 0 radical (unpaired) electrons. The number of nitrogens with zero attached hydrogens (tertiary/aromatic N) is 3. The highest BCUT2D eigenvalue weighted by Gasteiger charge is 2.15. The summed E-state index contributed by atoms with van der Waals surface area (Å²) >= 11 is 2.05. The number of aliphatic imine (C=N–C) groups is 1. The highest BCUT2D eigenvalue weighted by atomic mass is 32.2. The fraction of sp³-hybridized carbons (Fsp3) is 0.556. The third-order valence-corrected chi connectivity index (χ3v) is 5.60. The van der Waals surface area contributed by atoms with Crippen molar-refractivity contribution in [2.75, 3.05) is 25.4 Å². The van der Waals surface area contributed by atoms with Crippen molar-refractivity contribution in [2.45, 2.75) is 38.4 Å². The molecule has 130 valence electrons. The van der Waals surface area contributed by atoms with Crippen LogP contribution in [0.5, 0.6) is 0 Å². The summed E-state index contributed by atoms with van der Waals surface area (Å²) < 4.78 is 2.10. The summed E-state index contributed by atoms with van der Waals surface area (Å²) in [5, 5.41) is 7.46. The van der Waals surface area contributed by atoms with E-state index in [2.05, 4.69) is 65.2 Å². The van der Waals surface area contributed by atoms with Gasteiger partial charge in [0.15, 0.2) is 5.96 Å². The lowest BCUT2D eigenvalue weighted by Gasteiger charge is -2.12. The Bertz CT molecular complexity index is 688. The van der Waals surface area contributed by atoms with Crippen LogP contribution in [0.2, 0.25) is 0 Å². The molecule has 1 aliphatic rings. The van der Waals surface area contributed by atoms with E-state index < -0.39 is 0 Å². The largest absolute Gasteiger partial charge is 0.357 e. The molecular weight excluding hydrogens is 318 g/mol. The third-order valence-electron chi connectivity index (χ3n) is 4.22. The van der Waals surface area contributed by atoms with Crippen LogP contribution in [0, 0.1) is 6.92 Å². The van der Waals surface area contributed by atoms with E-state index in [0.29, 0.717) is 5.25 Å². The number of aryl methyl sites for hydroxylation is 1. The smallest absolute Gasteiger partial charge is 0.191 e. The fourth-order valence-corrected chi connectivity index (χ4v) is 4.14. The Morgan fingerprint density at radius 1 is 1.46 bits per heavy atom. The minimum Gasteiger partial charge on any atom is -0.357 e. The van der Waals surface area contributed by atoms with Gasteiger partial charge in [0.05, 0.1) is 12.2 Å². The molecule has 0 bridgehead atoms. The summed E-state index contributed by atoms with van der Waals surface area (Å²) in [6.07, 6.45) is 7.69. The lowest BCUT2D eigenvalue weighted by Crippen LogP contribution is -2.38. The summed E-state index contributed by atoms with van der Waals surface area (Å²) in [5.74, 6) is 2.21. The maximum Gasteiger partial charge on any atom is 0.191 e. The third kappa shape index (κ3) is 4.44. The molecule has 3 heterocycles. The maximum absolute atomic E-state index is 4.73. The van der Waals surface area contributed by atoms with E-state index in [4.69, 9.17) is 9.98 Å². The first-order valence-corrected chi connectivity index (χ1v) is 9.88. The molecule has 0 saturated carbocycles. The number of rotatable bonds is 6. The molecule has 1 unspecified atom stereocenters. The molecule has 5 nitrogen and oxygen atoms in total. The van der Waals surface area contributed by atoms with Gasteiger partial charge >= 0.3 is 0 Å². The second kappa shape index (κ2) is 8.42. The Hall–Kier alpha value is -1.69. The Balaban J connectivity index is 1.53. The molecule has 2 aromatic heterocycles. The van der Waals surface area contributed by atoms with E-state index in [1.165, 1.54) is 24.2 Å². The predicted molar refractivity (Wildman–Crippen MR) is 103 cm³/mol. The van der Waals surface area contributed by atoms with Crippen molar-refractivity contribution in [3.05, 3.63) is 35.8 Å². The van der Waals surface area contributed by atoms with E-state index in [0.717, 1.165) is 43.4 Å². The van der Waals surface area contributed by atoms with Crippen molar-refractivity contribution in [1.82, 2.24) is 20.0 Å². The minimum absolute atomic E-state index is 0.696. The van der Waals surface area contributed by atoms with Crippen LogP contribution in [0.1, 0.15) is 31.0 Å². The molecule has 0 spiro atoms. The highest BCUT2D eigenvalue weighted by molar-refractivity contribution is 8.00. The van der Waals surface area contributed by atoms with Crippen molar-refractivity contribution in [3.63, 3.8) is 0 Å². The second-order valence-corrected chi connectivity index (χ2v) is 7.59. The summed E-state index contributed by atoms with van der Waals surface area (Å²) in [7, 11) is 0. The van der Waals surface area contributed by atoms with Crippen molar-refractivity contribution in [3.8, 4) is 0 Å². The minimum atomic E-state index is 0.696. The lowest BCUT2D eigenvalue weighted by atomic mass is 10.2. The number of guanidine groups is 1. The van der Waals surface area contributed by atoms with E-state index in [1.807, 2.05) is 0 Å². The van der Waals surface area contributed by atoms with Gasteiger partial charge in [-0.15, -0.1) is 0 Å². The molecule has 1 aliphatic heterocycles. The van der Waals surface area contributed by atoms with Gasteiger partial charge in [-0.3, -0.25) is 4.99 Å². The standard InChI is InChI=1S/C18H27N5S/c1-3-19-18(21-12-16-7-5-11-24-16)20-9-8-15-13-23-10-4-6-14(2)17(23)22-15/h4,6,10,13,16H,3,5,7-9,11-12H2,1-2H3,(H2,19,20,21). The normalized spacial score (nSPS) is 18.2. The summed E-state index contributed by atoms with van der Waals surface area (Å²) in [6.45, 7) is 6.84. The first-order valence-electron chi connectivity index (χ1n) is 8.83. The fourth-order valence-electron chi connectivity index (χ4n) is 2.96. The number of pyridine rings is 1. The van der Waals surface area contributed by atoms with Gasteiger partial charge in [0.25, 0.3) is 0 Å². The van der Waals surface area contributed by atoms with Gasteiger partial charge in [-0.25, -0.2) is 4.98 Å². The lowest BCUT2D eigenvalue weighted by molar-refractivity contribution is 0.758. The van der Waals surface area contributed by atoms with E-state index in [1.54, 1.807) is 0 Å². The molecule has 1 saturated heterocycles. The number of hydrogen-bond acceptors (Lipinski definition) is 3. The molecule has 1 fully saturated rings. The van der Waals surface area contributed by atoms with Crippen LogP contribution in [0.25, 0.3) is 5.65 Å². The Morgan fingerprint density at radius 3 is 3.12 bits per heavy atom. The topological polar surface area (TPSA) is 53.7 Å². The molecule has 24 heavy (non-hydrogen) atoms. The number of aromatic nitrogens is 2. The molecule has 2 aromatic rings. The van der Waals surface area contributed by atoms with Gasteiger partial charge in [-0.1, -0.05) is 6.07 Å². The number of hydrogen-bond donors (Lipinski definition) is 2. The second-order valence-electron chi connectivity index (χ2n) is 6.19. The molecule has 3 rings (SSSR count). The molecular formula is C18H27N5S. The maximum atomic E-state index is 4.73. The molecule has 0 aromatic carbocycles. The zero-order valence-corrected chi connectivity index (χ0v) is 15.4. The average Bonchev–Trinajstić information content (AvgIpc) is 3.22. The van der Waals surface area contributed by atoms with Crippen LogP contribution in [0.15, 0.2) is 29.5 Å². The zero-order chi connectivity index (χ0) is 16.8. The van der Waals surface area contributed by atoms with Gasteiger partial charge in [-0.2, -0.15) is 11.8 Å². The Morgan fingerprint density at radius 2 is 2.38 bits per heavy atom. The number of thioether (sulfide) groups is 1. The van der Waals surface area contributed by atoms with E-state index >= 15 is 0 Å². The molecule has 1 atom stereocenters. The monoisotopic (exact) mass is 345 g/mol. The van der Waals surface area contributed by atoms with Crippen molar-refractivity contribution >= 4 is 23.4 Å². The van der Waals surface area contributed by atoms with Crippen molar-refractivity contribution in [2.24, 2.45) is 4.99 Å². The Kier molecular flexibility index (Phi) is 6.01. The van der Waals surface area contributed by atoms with Crippen molar-refractivity contribution in [1.29, 1.82) is 0 Å². The van der Waals surface area contributed by atoms with Gasteiger partial charge in [0.1, 0.15) is 5.65 Å². The Labute approximate surface area is 148 Å². The molecule has 0 aliphatic carbocycles. The van der Waals surface area contributed by atoms with Gasteiger partial charge in [-0.05, 0) is 44.1 Å². The van der Waals surface area contributed by atoms with Gasteiger partial charge in [0.2, 0.25) is 0 Å². The summed E-state index contributed by atoms with van der Waals surface area (Å²) in [5.41, 5.74) is 3.37. The summed E-state index contributed by atoms with van der Waals surface area (Å²) in [4.78, 5) is 9.45. The predicted octanol–water partition coefficient (Wildman–Crippen LogP) is 2.64. The molecule has 2 N–H and O–H groups in total. The van der Waals surface area contributed by atoms with Crippen LogP contribution < -0.4 is 10.6 Å². The van der Waals surface area contributed by atoms with E-state index in [9.17, 15) is 0 Å². The number of imidazole rings is 1.